The van der Waals surface area contributed by atoms with Gasteiger partial charge in [0, 0.05) is 26.1 Å². The first-order chi connectivity index (χ1) is 12.7. The third-order valence-corrected chi connectivity index (χ3v) is 5.78. The fourth-order valence-corrected chi connectivity index (χ4v) is 4.11. The second-order valence-corrected chi connectivity index (χ2v) is 7.66. The summed E-state index contributed by atoms with van der Waals surface area (Å²) in [4.78, 5) is 4.84. The second-order valence-electron chi connectivity index (χ2n) is 7.66. The Morgan fingerprint density at radius 3 is 2.38 bits per heavy atom. The Bertz CT molecular complexity index is 710. The van der Waals surface area contributed by atoms with E-state index in [9.17, 15) is 0 Å². The van der Waals surface area contributed by atoms with Gasteiger partial charge in [0.15, 0.2) is 5.82 Å². The van der Waals surface area contributed by atoms with E-state index in [-0.39, 0.29) is 0 Å². The van der Waals surface area contributed by atoms with Crippen LogP contribution in [0.5, 0.6) is 0 Å². The lowest BCUT2D eigenvalue weighted by molar-refractivity contribution is 0.213. The number of rotatable bonds is 4. The zero-order valence-corrected chi connectivity index (χ0v) is 15.9. The summed E-state index contributed by atoms with van der Waals surface area (Å²) in [5.74, 6) is 3.72. The molecule has 0 bridgehead atoms. The molecule has 0 spiro atoms. The Morgan fingerprint density at radius 2 is 1.69 bits per heavy atom. The summed E-state index contributed by atoms with van der Waals surface area (Å²) >= 11 is 0. The number of hydrogen-bond donors (Lipinski definition) is 0. The minimum Gasteiger partial charge on any atom is -0.355 e. The largest absolute Gasteiger partial charge is 0.355 e. The summed E-state index contributed by atoms with van der Waals surface area (Å²) < 4.78 is 2.24. The Labute approximate surface area is 155 Å². The summed E-state index contributed by atoms with van der Waals surface area (Å²) in [6.07, 6.45) is 6.16. The van der Waals surface area contributed by atoms with Crippen LogP contribution >= 0.6 is 0 Å². The smallest absolute Gasteiger partial charge is 0.151 e. The van der Waals surface area contributed by atoms with E-state index in [4.69, 9.17) is 0 Å². The van der Waals surface area contributed by atoms with Crippen LogP contribution in [0.1, 0.15) is 55.4 Å². The summed E-state index contributed by atoms with van der Waals surface area (Å²) in [7, 11) is 2.13. The number of piperidine rings is 2. The molecule has 0 aromatic carbocycles. The van der Waals surface area contributed by atoms with E-state index in [1.165, 1.54) is 32.4 Å². The van der Waals surface area contributed by atoms with Gasteiger partial charge in [-0.2, -0.15) is 5.10 Å². The molecule has 4 heterocycles. The van der Waals surface area contributed by atoms with Crippen LogP contribution < -0.4 is 4.90 Å². The fourth-order valence-electron chi connectivity index (χ4n) is 4.11. The average molecular weight is 355 g/mol. The van der Waals surface area contributed by atoms with Crippen molar-refractivity contribution in [2.75, 3.05) is 31.1 Å². The summed E-state index contributed by atoms with van der Waals surface area (Å²) in [6.45, 7) is 7.28. The highest BCUT2D eigenvalue weighted by Crippen LogP contribution is 2.29. The lowest BCUT2D eigenvalue weighted by Crippen LogP contribution is -2.34. The zero-order chi connectivity index (χ0) is 17.9. The van der Waals surface area contributed by atoms with Crippen LogP contribution in [-0.2, 0) is 13.6 Å². The van der Waals surface area contributed by atoms with Crippen LogP contribution in [0.25, 0.3) is 0 Å². The van der Waals surface area contributed by atoms with E-state index in [1.54, 1.807) is 0 Å². The molecule has 0 unspecified atom stereocenters. The number of aromatic nitrogens is 5. The highest BCUT2D eigenvalue weighted by atomic mass is 15.3. The van der Waals surface area contributed by atoms with Gasteiger partial charge in [0.2, 0.25) is 0 Å². The molecule has 7 heteroatoms. The van der Waals surface area contributed by atoms with Gasteiger partial charge in [0.05, 0.1) is 12.2 Å². The maximum atomic E-state index is 4.55. The Hall–Kier alpha value is -2.02. The summed E-state index contributed by atoms with van der Waals surface area (Å²) in [5, 5.41) is 17.6. The maximum absolute atomic E-state index is 4.55. The Kier molecular flexibility index (Phi) is 5.15. The van der Waals surface area contributed by atoms with E-state index < -0.39 is 0 Å². The number of likely N-dealkylation sites (tertiary alicyclic amines) is 1. The molecule has 7 nitrogen and oxygen atoms in total. The van der Waals surface area contributed by atoms with Crippen molar-refractivity contribution in [1.29, 1.82) is 0 Å². The Morgan fingerprint density at radius 1 is 0.923 bits per heavy atom. The van der Waals surface area contributed by atoms with Crippen LogP contribution in [-0.4, -0.2) is 56.0 Å². The molecule has 26 heavy (non-hydrogen) atoms. The molecule has 0 radical (unpaired) electrons. The molecule has 2 aromatic heterocycles. The van der Waals surface area contributed by atoms with Gasteiger partial charge in [-0.3, -0.25) is 4.90 Å². The monoisotopic (exact) mass is 355 g/mol. The first kappa shape index (κ1) is 17.4. The molecule has 0 aliphatic carbocycles. The van der Waals surface area contributed by atoms with Gasteiger partial charge in [-0.05, 0) is 57.8 Å². The molecule has 2 aliphatic rings. The van der Waals surface area contributed by atoms with E-state index in [0.717, 1.165) is 55.6 Å². The van der Waals surface area contributed by atoms with Crippen LogP contribution in [0, 0.1) is 6.92 Å². The molecule has 2 saturated heterocycles. The summed E-state index contributed by atoms with van der Waals surface area (Å²) in [5.41, 5.74) is 0.962. The zero-order valence-electron chi connectivity index (χ0n) is 15.9. The van der Waals surface area contributed by atoms with Crippen LogP contribution in [0.3, 0.4) is 0 Å². The highest BCUT2D eigenvalue weighted by Gasteiger charge is 2.26. The van der Waals surface area contributed by atoms with Crippen LogP contribution in [0.2, 0.25) is 0 Å². The molecule has 0 amide bonds. The number of aryl methyl sites for hydroxylation is 1. The van der Waals surface area contributed by atoms with Gasteiger partial charge < -0.3 is 9.47 Å². The van der Waals surface area contributed by atoms with Gasteiger partial charge in [-0.15, -0.1) is 15.3 Å². The second kappa shape index (κ2) is 7.70. The molecule has 2 fully saturated rings. The normalized spacial score (nSPS) is 19.8. The molecule has 140 valence electrons. The first-order valence-electron chi connectivity index (χ1n) is 9.86. The molecule has 0 N–H and O–H groups in total. The third-order valence-electron chi connectivity index (χ3n) is 5.78. The van der Waals surface area contributed by atoms with Gasteiger partial charge in [0.1, 0.15) is 11.6 Å². The van der Waals surface area contributed by atoms with E-state index >= 15 is 0 Å². The molecule has 2 aromatic rings. The predicted octanol–water partition coefficient (Wildman–Crippen LogP) is 2.28. The van der Waals surface area contributed by atoms with E-state index in [2.05, 4.69) is 47.9 Å². The number of anilines is 1. The maximum Gasteiger partial charge on any atom is 0.151 e. The first-order valence-corrected chi connectivity index (χ1v) is 9.86. The SMILES string of the molecule is Cc1ccc(N2CCC(c3nnc(CN4CCCCC4)n3C)CC2)nn1. The fraction of sp³-hybridized carbons (Fsp3) is 0.684. The van der Waals surface area contributed by atoms with Crippen molar-refractivity contribution in [2.24, 2.45) is 7.05 Å². The minimum absolute atomic E-state index is 0.484. The van der Waals surface area contributed by atoms with Crippen LogP contribution in [0.4, 0.5) is 5.82 Å². The van der Waals surface area contributed by atoms with Crippen LogP contribution in [0.15, 0.2) is 12.1 Å². The van der Waals surface area contributed by atoms with Crippen molar-refractivity contribution in [3.8, 4) is 0 Å². The topological polar surface area (TPSA) is 63.0 Å². The number of hydrogen-bond acceptors (Lipinski definition) is 6. The lowest BCUT2D eigenvalue weighted by atomic mass is 9.96. The van der Waals surface area contributed by atoms with E-state index in [1.807, 2.05) is 13.0 Å². The van der Waals surface area contributed by atoms with Crippen molar-refractivity contribution in [1.82, 2.24) is 29.9 Å². The molecular weight excluding hydrogens is 326 g/mol. The molecule has 2 aliphatic heterocycles. The minimum atomic E-state index is 0.484. The number of nitrogens with zero attached hydrogens (tertiary/aromatic N) is 7. The Balaban J connectivity index is 1.37. The molecule has 0 saturated carbocycles. The molecular formula is C19H29N7. The van der Waals surface area contributed by atoms with Crippen molar-refractivity contribution < 1.29 is 0 Å². The van der Waals surface area contributed by atoms with Gasteiger partial charge in [-0.1, -0.05) is 6.42 Å². The van der Waals surface area contributed by atoms with Gasteiger partial charge in [0.25, 0.3) is 0 Å². The van der Waals surface area contributed by atoms with Crippen molar-refractivity contribution in [3.63, 3.8) is 0 Å². The third kappa shape index (κ3) is 3.72. The predicted molar refractivity (Wildman–Crippen MR) is 101 cm³/mol. The van der Waals surface area contributed by atoms with E-state index in [0.29, 0.717) is 5.92 Å². The average Bonchev–Trinajstić information content (AvgIpc) is 3.04. The summed E-state index contributed by atoms with van der Waals surface area (Å²) in [6, 6.07) is 4.10. The quantitative estimate of drug-likeness (QED) is 0.838. The molecule has 0 atom stereocenters. The lowest BCUT2D eigenvalue weighted by Gasteiger charge is -2.32. The van der Waals surface area contributed by atoms with Crippen molar-refractivity contribution in [3.05, 3.63) is 29.5 Å². The van der Waals surface area contributed by atoms with Crippen molar-refractivity contribution in [2.45, 2.75) is 51.5 Å². The van der Waals surface area contributed by atoms with Gasteiger partial charge >= 0.3 is 0 Å². The van der Waals surface area contributed by atoms with Crippen molar-refractivity contribution >= 4 is 5.82 Å². The highest BCUT2D eigenvalue weighted by molar-refractivity contribution is 5.38. The van der Waals surface area contributed by atoms with Gasteiger partial charge in [-0.25, -0.2) is 0 Å². The molecule has 4 rings (SSSR count). The standard InChI is InChI=1S/C19H29N7/c1-15-6-7-17(21-20-15)26-12-8-16(9-13-26)19-23-22-18(24(19)2)14-25-10-4-3-5-11-25/h6-7,16H,3-5,8-14H2,1-2H3.